The third-order valence-electron chi connectivity index (χ3n) is 2.56. The Morgan fingerprint density at radius 2 is 2.14 bits per heavy atom. The molecule has 1 heterocycles. The number of aryl methyl sites for hydroxylation is 2. The fraction of sp³-hybridized carbons (Fsp3) is 0.333. The predicted octanol–water partition coefficient (Wildman–Crippen LogP) is 3.78. The van der Waals surface area contributed by atoms with Crippen LogP contribution in [-0.4, -0.2) is 7.11 Å². The highest BCUT2D eigenvalue weighted by Gasteiger charge is 2.09. The van der Waals surface area contributed by atoms with E-state index in [1.165, 1.54) is 21.2 Å². The number of ether oxygens (including phenoxy) is 1. The van der Waals surface area contributed by atoms with E-state index < -0.39 is 0 Å². The number of hydrogen-bond acceptors (Lipinski definition) is 2. The van der Waals surface area contributed by atoms with E-state index in [1.54, 1.807) is 7.11 Å². The Labute approximate surface area is 88.3 Å². The zero-order valence-corrected chi connectivity index (χ0v) is 9.57. The van der Waals surface area contributed by atoms with Crippen molar-refractivity contribution in [2.45, 2.75) is 20.3 Å². The van der Waals surface area contributed by atoms with Crippen LogP contribution < -0.4 is 4.74 Å². The number of benzene rings is 1. The van der Waals surface area contributed by atoms with Crippen molar-refractivity contribution in [3.05, 3.63) is 28.6 Å². The Kier molecular flexibility index (Phi) is 2.46. The van der Waals surface area contributed by atoms with Crippen LogP contribution in [0.1, 0.15) is 18.1 Å². The lowest BCUT2D eigenvalue weighted by Gasteiger charge is -2.05. The topological polar surface area (TPSA) is 9.23 Å². The molecule has 0 atom stereocenters. The third-order valence-corrected chi connectivity index (χ3v) is 3.72. The fourth-order valence-electron chi connectivity index (χ4n) is 1.74. The summed E-state index contributed by atoms with van der Waals surface area (Å²) >= 11 is 1.81. The van der Waals surface area contributed by atoms with Crippen LogP contribution in [0.15, 0.2) is 17.5 Å². The molecule has 2 aromatic rings. The van der Waals surface area contributed by atoms with Crippen molar-refractivity contribution < 1.29 is 4.74 Å². The van der Waals surface area contributed by atoms with Crippen molar-refractivity contribution in [1.29, 1.82) is 0 Å². The maximum atomic E-state index is 5.39. The van der Waals surface area contributed by atoms with Crippen molar-refractivity contribution in [3.63, 3.8) is 0 Å². The van der Waals surface area contributed by atoms with Crippen LogP contribution in [0.4, 0.5) is 0 Å². The molecule has 1 aromatic carbocycles. The number of methoxy groups -OCH3 is 1. The quantitative estimate of drug-likeness (QED) is 0.726. The van der Waals surface area contributed by atoms with Crippen LogP contribution in [0.5, 0.6) is 5.75 Å². The lowest BCUT2D eigenvalue weighted by atomic mass is 10.1. The van der Waals surface area contributed by atoms with Crippen molar-refractivity contribution in [1.82, 2.24) is 0 Å². The average molecular weight is 206 g/mol. The maximum absolute atomic E-state index is 5.39. The second-order valence-corrected chi connectivity index (χ2v) is 4.28. The fourth-order valence-corrected chi connectivity index (χ4v) is 2.89. The minimum Gasteiger partial charge on any atom is -0.496 e. The molecule has 2 rings (SSSR count). The molecule has 0 aliphatic carbocycles. The van der Waals surface area contributed by atoms with Crippen LogP contribution >= 0.6 is 11.3 Å². The first-order valence-corrected chi connectivity index (χ1v) is 5.69. The molecule has 0 fully saturated rings. The standard InChI is InChI=1S/C12H14OS/c1-4-9-7-14-12-8(2)5-6-10(13-3)11(9)12/h5-7H,4H2,1-3H3. The van der Waals surface area contributed by atoms with Gasteiger partial charge < -0.3 is 4.74 Å². The molecule has 0 saturated carbocycles. The Morgan fingerprint density at radius 1 is 1.36 bits per heavy atom. The summed E-state index contributed by atoms with van der Waals surface area (Å²) in [6.07, 6.45) is 1.07. The highest BCUT2D eigenvalue weighted by molar-refractivity contribution is 7.17. The summed E-state index contributed by atoms with van der Waals surface area (Å²) in [6, 6.07) is 4.18. The van der Waals surface area contributed by atoms with Gasteiger partial charge in [0, 0.05) is 10.1 Å². The summed E-state index contributed by atoms with van der Waals surface area (Å²) in [7, 11) is 1.74. The zero-order chi connectivity index (χ0) is 10.1. The third kappa shape index (κ3) is 1.30. The Bertz CT molecular complexity index is 457. The SMILES string of the molecule is CCc1csc2c(C)ccc(OC)c12. The van der Waals surface area contributed by atoms with Crippen LogP contribution in [0.25, 0.3) is 10.1 Å². The first kappa shape index (κ1) is 9.53. The van der Waals surface area contributed by atoms with Gasteiger partial charge in [-0.15, -0.1) is 11.3 Å². The smallest absolute Gasteiger partial charge is 0.127 e. The highest BCUT2D eigenvalue weighted by atomic mass is 32.1. The summed E-state index contributed by atoms with van der Waals surface area (Å²) in [5.74, 6) is 1.00. The molecule has 0 bridgehead atoms. The Hall–Kier alpha value is -1.02. The minimum atomic E-state index is 1.00. The van der Waals surface area contributed by atoms with Gasteiger partial charge in [0.15, 0.2) is 0 Å². The molecular weight excluding hydrogens is 192 g/mol. The summed E-state index contributed by atoms with van der Waals surface area (Å²) in [5.41, 5.74) is 2.73. The molecule has 1 nitrogen and oxygen atoms in total. The van der Waals surface area contributed by atoms with Gasteiger partial charge in [0.1, 0.15) is 5.75 Å². The first-order valence-electron chi connectivity index (χ1n) is 4.81. The molecule has 0 aliphatic heterocycles. The molecule has 0 unspecified atom stereocenters. The molecule has 1 aromatic heterocycles. The molecule has 0 saturated heterocycles. The number of rotatable bonds is 2. The van der Waals surface area contributed by atoms with E-state index in [9.17, 15) is 0 Å². The van der Waals surface area contributed by atoms with Crippen LogP contribution in [0.2, 0.25) is 0 Å². The normalized spacial score (nSPS) is 10.8. The van der Waals surface area contributed by atoms with Crippen molar-refractivity contribution in [2.24, 2.45) is 0 Å². The summed E-state index contributed by atoms with van der Waals surface area (Å²) < 4.78 is 6.75. The van der Waals surface area contributed by atoms with Gasteiger partial charge in [-0.2, -0.15) is 0 Å². The number of fused-ring (bicyclic) bond motifs is 1. The monoisotopic (exact) mass is 206 g/mol. The van der Waals surface area contributed by atoms with Crippen molar-refractivity contribution in [3.8, 4) is 5.75 Å². The van der Waals surface area contributed by atoms with Gasteiger partial charge in [-0.05, 0) is 35.9 Å². The molecule has 0 aliphatic rings. The van der Waals surface area contributed by atoms with E-state index in [1.807, 2.05) is 11.3 Å². The lowest BCUT2D eigenvalue weighted by molar-refractivity contribution is 0.419. The molecule has 2 heteroatoms. The van der Waals surface area contributed by atoms with Gasteiger partial charge in [-0.1, -0.05) is 13.0 Å². The van der Waals surface area contributed by atoms with Gasteiger partial charge in [0.05, 0.1) is 7.11 Å². The molecule has 0 spiro atoms. The molecule has 74 valence electrons. The van der Waals surface area contributed by atoms with Gasteiger partial charge in [0.25, 0.3) is 0 Å². The van der Waals surface area contributed by atoms with Crippen molar-refractivity contribution >= 4 is 21.4 Å². The van der Waals surface area contributed by atoms with Gasteiger partial charge in [-0.3, -0.25) is 0 Å². The van der Waals surface area contributed by atoms with E-state index in [0.717, 1.165) is 12.2 Å². The highest BCUT2D eigenvalue weighted by Crippen LogP contribution is 2.36. The van der Waals surface area contributed by atoms with Gasteiger partial charge >= 0.3 is 0 Å². The van der Waals surface area contributed by atoms with Crippen LogP contribution in [0.3, 0.4) is 0 Å². The van der Waals surface area contributed by atoms with E-state index in [0.29, 0.717) is 0 Å². The second kappa shape index (κ2) is 3.62. The minimum absolute atomic E-state index is 1.00. The lowest BCUT2D eigenvalue weighted by Crippen LogP contribution is -1.86. The van der Waals surface area contributed by atoms with E-state index >= 15 is 0 Å². The van der Waals surface area contributed by atoms with Crippen LogP contribution in [-0.2, 0) is 6.42 Å². The molecule has 0 amide bonds. The summed E-state index contributed by atoms with van der Waals surface area (Å²) in [5, 5.41) is 3.54. The zero-order valence-electron chi connectivity index (χ0n) is 8.76. The summed E-state index contributed by atoms with van der Waals surface area (Å²) in [6.45, 7) is 4.33. The summed E-state index contributed by atoms with van der Waals surface area (Å²) in [4.78, 5) is 0. The van der Waals surface area contributed by atoms with Gasteiger partial charge in [0.2, 0.25) is 0 Å². The Balaban J connectivity index is 2.82. The molecule has 0 N–H and O–H groups in total. The second-order valence-electron chi connectivity index (χ2n) is 3.40. The van der Waals surface area contributed by atoms with Crippen LogP contribution in [0, 0.1) is 6.92 Å². The van der Waals surface area contributed by atoms with Gasteiger partial charge in [-0.25, -0.2) is 0 Å². The molecular formula is C12H14OS. The first-order chi connectivity index (χ1) is 6.77. The Morgan fingerprint density at radius 3 is 2.79 bits per heavy atom. The largest absolute Gasteiger partial charge is 0.496 e. The molecule has 0 radical (unpaired) electrons. The number of thiophene rings is 1. The van der Waals surface area contributed by atoms with E-state index in [4.69, 9.17) is 4.74 Å². The molecule has 14 heavy (non-hydrogen) atoms. The van der Waals surface area contributed by atoms with E-state index in [-0.39, 0.29) is 0 Å². The van der Waals surface area contributed by atoms with E-state index in [2.05, 4.69) is 31.4 Å². The predicted molar refractivity (Wildman–Crippen MR) is 62.5 cm³/mol. The van der Waals surface area contributed by atoms with Crippen molar-refractivity contribution in [2.75, 3.05) is 7.11 Å². The number of hydrogen-bond donors (Lipinski definition) is 0. The maximum Gasteiger partial charge on any atom is 0.127 e. The average Bonchev–Trinajstić information content (AvgIpc) is 2.63.